The molecule has 1 atom stereocenters. The van der Waals surface area contributed by atoms with Gasteiger partial charge in [-0.15, -0.1) is 11.8 Å². The number of hydrogen-bond donors (Lipinski definition) is 1. The number of amides is 4. The van der Waals surface area contributed by atoms with Gasteiger partial charge in [0.2, 0.25) is 0 Å². The molecule has 0 bridgehead atoms. The van der Waals surface area contributed by atoms with Crippen molar-refractivity contribution in [2.24, 2.45) is 0 Å². The Bertz CT molecular complexity index is 1350. The van der Waals surface area contributed by atoms with E-state index >= 15 is 0 Å². The molecule has 1 aromatic heterocycles. The van der Waals surface area contributed by atoms with Crippen LogP contribution < -0.4 is 14.8 Å². The minimum atomic E-state index is -0.631. The zero-order valence-electron chi connectivity index (χ0n) is 19.0. The van der Waals surface area contributed by atoms with E-state index in [0.717, 1.165) is 15.4 Å². The fraction of sp³-hybridized carbons (Fsp3) is 0.200. The quantitative estimate of drug-likeness (QED) is 0.505. The molecule has 0 saturated carbocycles. The molecule has 2 aliphatic heterocycles. The number of ether oxygens (including phenoxy) is 2. The van der Waals surface area contributed by atoms with E-state index in [9.17, 15) is 14.4 Å². The van der Waals surface area contributed by atoms with Gasteiger partial charge in [0.05, 0.1) is 20.5 Å². The maximum absolute atomic E-state index is 13.5. The first-order valence-electron chi connectivity index (χ1n) is 10.8. The second kappa shape index (κ2) is 9.30. The summed E-state index contributed by atoms with van der Waals surface area (Å²) in [4.78, 5) is 42.0. The number of methoxy groups -OCH3 is 2. The molecule has 3 aromatic rings. The number of anilines is 1. The summed E-state index contributed by atoms with van der Waals surface area (Å²) in [5.41, 5.74) is 1.79. The Hall–Kier alpha value is -4.05. The van der Waals surface area contributed by atoms with Crippen molar-refractivity contribution in [3.05, 3.63) is 72.2 Å². The molecular formula is C25H22N3O6S+. The maximum atomic E-state index is 13.5. The van der Waals surface area contributed by atoms with Gasteiger partial charge in [-0.2, -0.15) is 14.3 Å². The molecule has 0 aliphatic carbocycles. The van der Waals surface area contributed by atoms with Gasteiger partial charge in [-0.1, -0.05) is 12.1 Å². The lowest BCUT2D eigenvalue weighted by molar-refractivity contribution is -0.426. The Morgan fingerprint density at radius 2 is 1.89 bits per heavy atom. The predicted octanol–water partition coefficient (Wildman–Crippen LogP) is 3.37. The summed E-state index contributed by atoms with van der Waals surface area (Å²) in [5.74, 6) is 0.718. The first-order valence-corrected chi connectivity index (χ1v) is 11.7. The molecule has 9 nitrogen and oxygen atoms in total. The van der Waals surface area contributed by atoms with E-state index in [0.29, 0.717) is 28.7 Å². The van der Waals surface area contributed by atoms with Gasteiger partial charge >= 0.3 is 11.9 Å². The molecule has 0 fully saturated rings. The van der Waals surface area contributed by atoms with E-state index in [1.165, 1.54) is 36.8 Å². The second-order valence-corrected chi connectivity index (χ2v) is 9.02. The van der Waals surface area contributed by atoms with Crippen LogP contribution in [0.15, 0.2) is 70.2 Å². The molecule has 2 aliphatic rings. The van der Waals surface area contributed by atoms with Crippen molar-refractivity contribution >= 4 is 41.0 Å². The van der Waals surface area contributed by atoms with E-state index in [4.69, 9.17) is 13.9 Å². The highest BCUT2D eigenvalue weighted by Crippen LogP contribution is 2.40. The fourth-order valence-electron chi connectivity index (χ4n) is 4.16. The van der Waals surface area contributed by atoms with Crippen LogP contribution in [0.5, 0.6) is 11.5 Å². The van der Waals surface area contributed by atoms with Crippen LogP contribution in [0, 0.1) is 0 Å². The lowest BCUT2D eigenvalue weighted by Gasteiger charge is -2.24. The Morgan fingerprint density at radius 3 is 2.63 bits per heavy atom. The van der Waals surface area contributed by atoms with Crippen molar-refractivity contribution in [2.75, 3.05) is 26.1 Å². The fourth-order valence-corrected chi connectivity index (χ4v) is 5.46. The number of urea groups is 1. The minimum Gasteiger partial charge on any atom is -0.493 e. The highest BCUT2D eigenvalue weighted by Gasteiger charge is 2.53. The summed E-state index contributed by atoms with van der Waals surface area (Å²) in [7, 11) is 3.03. The van der Waals surface area contributed by atoms with Crippen LogP contribution in [0.2, 0.25) is 0 Å². The molecule has 0 radical (unpaired) electrons. The number of fused-ring (bicyclic) bond motifs is 3. The number of carbonyl (C=O) groups is 3. The zero-order valence-corrected chi connectivity index (χ0v) is 19.8. The minimum absolute atomic E-state index is 0.0147. The van der Waals surface area contributed by atoms with Crippen LogP contribution in [0.4, 0.5) is 10.5 Å². The number of furan rings is 1. The number of benzene rings is 2. The lowest BCUT2D eigenvalue weighted by Crippen LogP contribution is -2.56. The number of imide groups is 1. The van der Waals surface area contributed by atoms with Crippen LogP contribution in [-0.2, 0) is 16.1 Å². The van der Waals surface area contributed by atoms with Gasteiger partial charge < -0.3 is 19.2 Å². The van der Waals surface area contributed by atoms with E-state index < -0.39 is 17.2 Å². The summed E-state index contributed by atoms with van der Waals surface area (Å²) >= 11 is 1.38. The maximum Gasteiger partial charge on any atom is 0.501 e. The largest absolute Gasteiger partial charge is 0.501 e. The highest BCUT2D eigenvalue weighted by molar-refractivity contribution is 8.02. The van der Waals surface area contributed by atoms with E-state index in [1.807, 2.05) is 24.3 Å². The molecule has 178 valence electrons. The Kier molecular flexibility index (Phi) is 6.04. The zero-order chi connectivity index (χ0) is 24.5. The van der Waals surface area contributed by atoms with Crippen LogP contribution in [0.3, 0.4) is 0 Å². The molecule has 1 N–H and O–H groups in total. The van der Waals surface area contributed by atoms with E-state index in [1.54, 1.807) is 30.3 Å². The topological polar surface area (TPSA) is 101 Å². The average molecular weight is 493 g/mol. The number of nitrogens with zero attached hydrogens (tertiary/aromatic N) is 2. The third-order valence-electron chi connectivity index (χ3n) is 5.76. The van der Waals surface area contributed by atoms with Gasteiger partial charge in [-0.3, -0.25) is 4.79 Å². The van der Waals surface area contributed by atoms with Gasteiger partial charge in [0, 0.05) is 22.2 Å². The Balaban J connectivity index is 1.48. The van der Waals surface area contributed by atoms with Crippen molar-refractivity contribution in [3.8, 4) is 11.5 Å². The van der Waals surface area contributed by atoms with Crippen LogP contribution >= 0.6 is 11.8 Å². The van der Waals surface area contributed by atoms with Crippen LogP contribution in [0.25, 0.3) is 0 Å². The van der Waals surface area contributed by atoms with Crippen LogP contribution in [-0.4, -0.2) is 59.0 Å². The molecule has 1 unspecified atom stereocenters. The molecule has 3 heterocycles. The Morgan fingerprint density at radius 1 is 1.09 bits per heavy atom. The number of nitrogens with one attached hydrogen (secondary N) is 1. The third kappa shape index (κ3) is 4.17. The Labute approximate surface area is 205 Å². The molecule has 2 aromatic carbocycles. The number of carbonyl (C=O) groups excluding carboxylic acids is 3. The van der Waals surface area contributed by atoms with Gasteiger partial charge in [0.15, 0.2) is 29.8 Å². The summed E-state index contributed by atoms with van der Waals surface area (Å²) < 4.78 is 17.3. The standard InChI is InChI=1S/C25H21N3O6S/c1-32-18-10-9-15(12-19(18)33-2)26-21(29)14-27-22-17-7-3-4-8-20(17)35-23(22)24(30)28(25(27)31)13-16-6-5-11-34-16/h3-12,23H,13-14H2,1-2H3/p+1. The van der Waals surface area contributed by atoms with Crippen molar-refractivity contribution < 1.29 is 32.9 Å². The van der Waals surface area contributed by atoms with Gasteiger partial charge in [0.1, 0.15) is 11.5 Å². The first kappa shape index (κ1) is 22.7. The lowest BCUT2D eigenvalue weighted by atomic mass is 10.0. The summed E-state index contributed by atoms with van der Waals surface area (Å²) in [6.45, 7) is -0.283. The summed E-state index contributed by atoms with van der Waals surface area (Å²) in [6, 6.07) is 15.3. The number of rotatable bonds is 7. The van der Waals surface area contributed by atoms with Crippen molar-refractivity contribution in [2.45, 2.75) is 16.7 Å². The number of hydrogen-bond acceptors (Lipinski definition) is 7. The second-order valence-electron chi connectivity index (χ2n) is 7.87. The normalized spacial score (nSPS) is 16.7. The molecule has 4 amide bonds. The van der Waals surface area contributed by atoms with E-state index in [2.05, 4.69) is 5.32 Å². The third-order valence-corrected chi connectivity index (χ3v) is 7.03. The highest BCUT2D eigenvalue weighted by atomic mass is 32.2. The molecule has 0 saturated heterocycles. The van der Waals surface area contributed by atoms with Crippen molar-refractivity contribution in [1.82, 2.24) is 4.90 Å². The van der Waals surface area contributed by atoms with Crippen molar-refractivity contribution in [3.63, 3.8) is 0 Å². The molecule has 10 heteroatoms. The average Bonchev–Trinajstić information content (AvgIpc) is 3.52. The molecule has 35 heavy (non-hydrogen) atoms. The monoisotopic (exact) mass is 492 g/mol. The molecule has 0 spiro atoms. The molecule has 5 rings (SSSR count). The molecular weight excluding hydrogens is 470 g/mol. The summed E-state index contributed by atoms with van der Waals surface area (Å²) in [6.07, 6.45) is 1.49. The summed E-state index contributed by atoms with van der Waals surface area (Å²) in [5, 5.41) is 2.17. The van der Waals surface area contributed by atoms with Gasteiger partial charge in [0.25, 0.3) is 5.91 Å². The van der Waals surface area contributed by atoms with Crippen molar-refractivity contribution in [1.29, 1.82) is 0 Å². The predicted molar refractivity (Wildman–Crippen MR) is 128 cm³/mol. The van der Waals surface area contributed by atoms with Crippen LogP contribution in [0.1, 0.15) is 11.3 Å². The first-order chi connectivity index (χ1) is 17.0. The van der Waals surface area contributed by atoms with Gasteiger partial charge in [-0.25, -0.2) is 4.79 Å². The number of thioether (sulfide) groups is 1. The smallest absolute Gasteiger partial charge is 0.493 e. The van der Waals surface area contributed by atoms with Gasteiger partial charge in [-0.05, 0) is 36.4 Å². The SMILES string of the molecule is COc1ccc(NC(=O)C[N+]2=C3c4ccccc4SC3C(=O)N(Cc3ccco3)C2=O)cc1OC. The van der Waals surface area contributed by atoms with E-state index in [-0.39, 0.29) is 19.0 Å².